The number of allylic oxidation sites excluding steroid dienone is 1. The summed E-state index contributed by atoms with van der Waals surface area (Å²) < 4.78 is 5.06. The molecule has 0 heterocycles. The van der Waals surface area contributed by atoms with Gasteiger partial charge in [-0.15, -0.1) is 0 Å². The minimum Gasteiger partial charge on any atom is -0.478 e. The van der Waals surface area contributed by atoms with Gasteiger partial charge in [0.2, 0.25) is 5.91 Å². The van der Waals surface area contributed by atoms with Crippen molar-refractivity contribution in [3.63, 3.8) is 0 Å². The molecule has 3 aromatic carbocycles. The molecule has 3 aromatic rings. The molecule has 1 amide bonds. The number of aromatic carboxylic acids is 1. The van der Waals surface area contributed by atoms with Crippen molar-refractivity contribution in [1.29, 1.82) is 0 Å². The van der Waals surface area contributed by atoms with Gasteiger partial charge in [0.1, 0.15) is 0 Å². The average molecular weight is 418 g/mol. The van der Waals surface area contributed by atoms with Crippen molar-refractivity contribution < 1.29 is 19.4 Å². The molecule has 0 saturated carbocycles. The molecule has 31 heavy (non-hydrogen) atoms. The number of likely N-dealkylation sites (N-methyl/N-ethyl adjacent to an activating group) is 1. The van der Waals surface area contributed by atoms with Crippen LogP contribution in [0.15, 0.2) is 66.7 Å². The van der Waals surface area contributed by atoms with E-state index in [9.17, 15) is 14.7 Å². The number of benzene rings is 3. The third-order valence-electron chi connectivity index (χ3n) is 5.12. The number of rotatable bonds is 8. The number of carboxylic acid groups (broad SMARTS) is 1. The molecule has 0 unspecified atom stereocenters. The lowest BCUT2D eigenvalue weighted by Gasteiger charge is -2.20. The third kappa shape index (κ3) is 5.49. The van der Waals surface area contributed by atoms with E-state index >= 15 is 0 Å². The molecule has 0 saturated heterocycles. The Hall–Kier alpha value is -3.64. The number of hydrogen-bond donors (Lipinski definition) is 2. The summed E-state index contributed by atoms with van der Waals surface area (Å²) in [4.78, 5) is 26.2. The van der Waals surface area contributed by atoms with Crippen LogP contribution in [0.5, 0.6) is 0 Å². The highest BCUT2D eigenvalue weighted by Crippen LogP contribution is 2.24. The number of carbonyl (C=O) groups is 2. The van der Waals surface area contributed by atoms with Crippen molar-refractivity contribution in [2.45, 2.75) is 6.92 Å². The van der Waals surface area contributed by atoms with Crippen LogP contribution < -0.4 is 10.2 Å². The van der Waals surface area contributed by atoms with E-state index in [0.717, 1.165) is 27.6 Å². The first kappa shape index (κ1) is 22.1. The molecule has 0 atom stereocenters. The van der Waals surface area contributed by atoms with Crippen LogP contribution >= 0.6 is 0 Å². The van der Waals surface area contributed by atoms with E-state index in [1.54, 1.807) is 25.3 Å². The van der Waals surface area contributed by atoms with E-state index in [-0.39, 0.29) is 17.2 Å². The Labute approximate surface area is 181 Å². The molecule has 0 aliphatic rings. The maximum atomic E-state index is 12.6. The standard InChI is InChI=1S/C25H26N2O4/c1-17(19-9-8-18-6-4-5-7-20(18)15-19)14-24(28)26-23-11-10-21(16-22(23)25(29)30)27(2)12-13-31-3/h4-11,14-16H,12-13H2,1-3H3,(H,26,28)(H,29,30). The number of amides is 1. The number of carboxylic acids is 1. The molecular weight excluding hydrogens is 392 g/mol. The SMILES string of the molecule is COCCN(C)c1ccc(NC(=O)C=C(C)c2ccc3ccccc3c2)c(C(=O)O)c1. The van der Waals surface area contributed by atoms with Crippen molar-refractivity contribution in [2.24, 2.45) is 0 Å². The van der Waals surface area contributed by atoms with Gasteiger partial charge in [-0.05, 0) is 53.1 Å². The second-order valence-electron chi connectivity index (χ2n) is 7.33. The predicted molar refractivity (Wildman–Crippen MR) is 125 cm³/mol. The molecule has 3 rings (SSSR count). The van der Waals surface area contributed by atoms with Crippen LogP contribution in [0.4, 0.5) is 11.4 Å². The van der Waals surface area contributed by atoms with Crippen molar-refractivity contribution in [1.82, 2.24) is 0 Å². The van der Waals surface area contributed by atoms with Gasteiger partial charge in [-0.3, -0.25) is 4.79 Å². The molecule has 0 aromatic heterocycles. The van der Waals surface area contributed by atoms with Crippen LogP contribution in [0.1, 0.15) is 22.8 Å². The fourth-order valence-electron chi connectivity index (χ4n) is 3.30. The van der Waals surface area contributed by atoms with Crippen molar-refractivity contribution in [3.8, 4) is 0 Å². The number of methoxy groups -OCH3 is 1. The highest BCUT2D eigenvalue weighted by molar-refractivity contribution is 6.07. The molecule has 0 aliphatic heterocycles. The van der Waals surface area contributed by atoms with Crippen LogP contribution in [0.25, 0.3) is 16.3 Å². The van der Waals surface area contributed by atoms with Crippen LogP contribution in [0.3, 0.4) is 0 Å². The zero-order valence-electron chi connectivity index (χ0n) is 17.9. The van der Waals surface area contributed by atoms with Crippen LogP contribution in [0.2, 0.25) is 0 Å². The molecule has 6 nitrogen and oxygen atoms in total. The molecular formula is C25H26N2O4. The molecule has 0 radical (unpaired) electrons. The molecule has 6 heteroatoms. The lowest BCUT2D eigenvalue weighted by atomic mass is 10.0. The number of fused-ring (bicyclic) bond motifs is 1. The molecule has 0 bridgehead atoms. The van der Waals surface area contributed by atoms with Gasteiger partial charge in [0.05, 0.1) is 17.9 Å². The first-order valence-electron chi connectivity index (χ1n) is 9.95. The minimum atomic E-state index is -1.10. The molecule has 0 spiro atoms. The van der Waals surface area contributed by atoms with Crippen molar-refractivity contribution in [2.75, 3.05) is 37.5 Å². The van der Waals surface area contributed by atoms with Crippen LogP contribution in [0, 0.1) is 0 Å². The summed E-state index contributed by atoms with van der Waals surface area (Å²) in [5, 5.41) is 14.5. The first-order valence-corrected chi connectivity index (χ1v) is 9.95. The third-order valence-corrected chi connectivity index (χ3v) is 5.12. The van der Waals surface area contributed by atoms with Crippen LogP contribution in [-0.4, -0.2) is 44.3 Å². The van der Waals surface area contributed by atoms with E-state index in [0.29, 0.717) is 13.2 Å². The van der Waals surface area contributed by atoms with E-state index < -0.39 is 5.97 Å². The van der Waals surface area contributed by atoms with Crippen molar-refractivity contribution >= 4 is 39.6 Å². The Morgan fingerprint density at radius 2 is 1.81 bits per heavy atom. The van der Waals surface area contributed by atoms with Crippen molar-refractivity contribution in [3.05, 3.63) is 77.9 Å². The summed E-state index contributed by atoms with van der Waals surface area (Å²) in [5.74, 6) is -1.49. The number of ether oxygens (including phenoxy) is 1. The fourth-order valence-corrected chi connectivity index (χ4v) is 3.30. The van der Waals surface area contributed by atoms with Gasteiger partial charge in [-0.25, -0.2) is 4.79 Å². The summed E-state index contributed by atoms with van der Waals surface area (Å²) in [6.07, 6.45) is 1.48. The highest BCUT2D eigenvalue weighted by atomic mass is 16.5. The summed E-state index contributed by atoms with van der Waals surface area (Å²) >= 11 is 0. The first-order chi connectivity index (χ1) is 14.9. The summed E-state index contributed by atoms with van der Waals surface area (Å²) in [6.45, 7) is 3.00. The van der Waals surface area contributed by atoms with E-state index in [1.165, 1.54) is 6.08 Å². The molecule has 2 N–H and O–H groups in total. The van der Waals surface area contributed by atoms with Gasteiger partial charge in [0.15, 0.2) is 0 Å². The van der Waals surface area contributed by atoms with Gasteiger partial charge < -0.3 is 20.1 Å². The summed E-state index contributed by atoms with van der Waals surface area (Å²) in [6, 6.07) is 19.0. The highest BCUT2D eigenvalue weighted by Gasteiger charge is 2.14. The van der Waals surface area contributed by atoms with Crippen LogP contribution in [-0.2, 0) is 9.53 Å². The quantitative estimate of drug-likeness (QED) is 0.520. The van der Waals surface area contributed by atoms with Gasteiger partial charge in [0.25, 0.3) is 0 Å². The van der Waals surface area contributed by atoms with E-state index in [4.69, 9.17) is 4.74 Å². The summed E-state index contributed by atoms with van der Waals surface area (Å²) in [7, 11) is 3.47. The molecule has 160 valence electrons. The van der Waals surface area contributed by atoms with Gasteiger partial charge >= 0.3 is 5.97 Å². The number of anilines is 2. The number of hydrogen-bond acceptors (Lipinski definition) is 4. The Bertz CT molecular complexity index is 1140. The zero-order chi connectivity index (χ0) is 22.4. The number of nitrogens with one attached hydrogen (secondary N) is 1. The fraction of sp³-hybridized carbons (Fsp3) is 0.200. The second kappa shape index (κ2) is 9.91. The smallest absolute Gasteiger partial charge is 0.337 e. The average Bonchev–Trinajstić information content (AvgIpc) is 2.77. The largest absolute Gasteiger partial charge is 0.478 e. The second-order valence-corrected chi connectivity index (χ2v) is 7.33. The lowest BCUT2D eigenvalue weighted by Crippen LogP contribution is -2.22. The molecule has 0 fully saturated rings. The monoisotopic (exact) mass is 418 g/mol. The van der Waals surface area contributed by atoms with Gasteiger partial charge in [0, 0.05) is 32.5 Å². The Morgan fingerprint density at radius 1 is 1.06 bits per heavy atom. The number of nitrogens with zero attached hydrogens (tertiary/aromatic N) is 1. The van der Waals surface area contributed by atoms with Gasteiger partial charge in [-0.1, -0.05) is 36.4 Å². The maximum Gasteiger partial charge on any atom is 0.337 e. The minimum absolute atomic E-state index is 0.0341. The normalized spacial score (nSPS) is 11.4. The zero-order valence-corrected chi connectivity index (χ0v) is 17.9. The van der Waals surface area contributed by atoms with E-state index in [1.807, 2.05) is 61.3 Å². The maximum absolute atomic E-state index is 12.6. The Kier molecular flexibility index (Phi) is 7.05. The Balaban J connectivity index is 1.80. The van der Waals surface area contributed by atoms with E-state index in [2.05, 4.69) is 5.32 Å². The summed E-state index contributed by atoms with van der Waals surface area (Å²) in [5.41, 5.74) is 2.74. The topological polar surface area (TPSA) is 78.9 Å². The molecule has 0 aliphatic carbocycles. The predicted octanol–water partition coefficient (Wildman–Crippen LogP) is 4.66. The lowest BCUT2D eigenvalue weighted by molar-refractivity contribution is -0.111. The number of carbonyl (C=O) groups excluding carboxylic acids is 1. The Morgan fingerprint density at radius 3 is 2.52 bits per heavy atom. The van der Waals surface area contributed by atoms with Gasteiger partial charge in [-0.2, -0.15) is 0 Å².